The van der Waals surface area contributed by atoms with Crippen LogP contribution in [0.3, 0.4) is 0 Å². The van der Waals surface area contributed by atoms with Gasteiger partial charge in [-0.2, -0.15) is 0 Å². The highest BCUT2D eigenvalue weighted by Gasteiger charge is 2.32. The molecule has 1 atom stereocenters. The summed E-state index contributed by atoms with van der Waals surface area (Å²) in [6, 6.07) is 14.0. The van der Waals surface area contributed by atoms with Crippen LogP contribution in [0.15, 0.2) is 46.9 Å². The normalized spacial score (nSPS) is 16.9. The minimum Gasteiger partial charge on any atom is -0.457 e. The Labute approximate surface area is 162 Å². The van der Waals surface area contributed by atoms with Crippen molar-refractivity contribution < 1.29 is 18.4 Å². The van der Waals surface area contributed by atoms with E-state index < -0.39 is 0 Å². The van der Waals surface area contributed by atoms with Crippen molar-refractivity contribution in [1.82, 2.24) is 0 Å². The van der Waals surface area contributed by atoms with Crippen LogP contribution >= 0.6 is 0 Å². The molecular formula is C23H32NO3+. The van der Waals surface area contributed by atoms with Gasteiger partial charge in [0, 0.05) is 0 Å². The van der Waals surface area contributed by atoms with Gasteiger partial charge >= 0.3 is 5.97 Å². The zero-order valence-corrected chi connectivity index (χ0v) is 16.8. The SMILES string of the molecule is C[N+](C)(C)Cc1ccc(COC(=O)C(c2ccccc2)C2CCCCC2)o1. The molecule has 1 fully saturated rings. The highest BCUT2D eigenvalue weighted by molar-refractivity contribution is 5.78. The van der Waals surface area contributed by atoms with Gasteiger partial charge in [0.05, 0.1) is 27.1 Å². The van der Waals surface area contributed by atoms with E-state index in [0.29, 0.717) is 11.7 Å². The number of rotatable bonds is 7. The van der Waals surface area contributed by atoms with Crippen molar-refractivity contribution in [2.75, 3.05) is 21.1 Å². The van der Waals surface area contributed by atoms with Crippen LogP contribution in [0, 0.1) is 5.92 Å². The van der Waals surface area contributed by atoms with Gasteiger partial charge in [-0.05, 0) is 36.5 Å². The first-order valence-electron chi connectivity index (χ1n) is 10.0. The number of benzene rings is 1. The summed E-state index contributed by atoms with van der Waals surface area (Å²) in [7, 11) is 6.37. The van der Waals surface area contributed by atoms with Crippen molar-refractivity contribution in [1.29, 1.82) is 0 Å². The average molecular weight is 371 g/mol. The van der Waals surface area contributed by atoms with Crippen LogP contribution in [0.1, 0.15) is 55.1 Å². The molecule has 0 bridgehead atoms. The van der Waals surface area contributed by atoms with E-state index in [1.165, 1.54) is 19.3 Å². The molecule has 4 nitrogen and oxygen atoms in total. The predicted octanol–water partition coefficient (Wildman–Crippen LogP) is 4.89. The smallest absolute Gasteiger partial charge is 0.314 e. The van der Waals surface area contributed by atoms with Gasteiger partial charge < -0.3 is 13.6 Å². The van der Waals surface area contributed by atoms with Crippen LogP contribution in [-0.2, 0) is 22.7 Å². The van der Waals surface area contributed by atoms with Gasteiger partial charge in [-0.15, -0.1) is 0 Å². The molecule has 0 amide bonds. The van der Waals surface area contributed by atoms with Crippen LogP contribution in [0.5, 0.6) is 0 Å². The number of carbonyl (C=O) groups excluding carboxylic acids is 1. The highest BCUT2D eigenvalue weighted by Crippen LogP contribution is 2.37. The van der Waals surface area contributed by atoms with Crippen LogP contribution in [-0.4, -0.2) is 31.6 Å². The highest BCUT2D eigenvalue weighted by atomic mass is 16.5. The standard InChI is InChI=1S/C23H32NO3/c1-24(2,3)16-20-14-15-21(27-20)17-26-23(25)22(18-10-6-4-7-11-18)19-12-8-5-9-13-19/h4,6-7,10-11,14-15,19,22H,5,8-9,12-13,16-17H2,1-3H3/q+1. The largest absolute Gasteiger partial charge is 0.457 e. The van der Waals surface area contributed by atoms with E-state index in [1.807, 2.05) is 42.5 Å². The minimum atomic E-state index is -0.174. The zero-order chi connectivity index (χ0) is 19.3. The Morgan fingerprint density at radius 3 is 2.37 bits per heavy atom. The number of nitrogens with zero attached hydrogens (tertiary/aromatic N) is 1. The second kappa shape index (κ2) is 8.75. The van der Waals surface area contributed by atoms with Gasteiger partial charge in [0.1, 0.15) is 18.9 Å². The molecule has 1 heterocycles. The fraction of sp³-hybridized carbons (Fsp3) is 0.522. The summed E-state index contributed by atoms with van der Waals surface area (Å²) in [6.07, 6.45) is 5.88. The quantitative estimate of drug-likeness (QED) is 0.514. The lowest BCUT2D eigenvalue weighted by Gasteiger charge is -2.29. The Kier molecular flexibility index (Phi) is 6.38. The summed E-state index contributed by atoms with van der Waals surface area (Å²) in [5.74, 6) is 1.70. The molecule has 0 spiro atoms. The summed E-state index contributed by atoms with van der Waals surface area (Å²) in [6.45, 7) is 1.01. The molecule has 1 aromatic heterocycles. The lowest BCUT2D eigenvalue weighted by atomic mass is 9.77. The molecule has 1 aliphatic carbocycles. The Balaban J connectivity index is 1.66. The summed E-state index contributed by atoms with van der Waals surface area (Å²) in [5, 5.41) is 0. The van der Waals surface area contributed by atoms with E-state index in [0.717, 1.165) is 35.2 Å². The summed E-state index contributed by atoms with van der Waals surface area (Å²) in [5.41, 5.74) is 1.07. The molecule has 1 unspecified atom stereocenters. The fourth-order valence-corrected chi connectivity index (χ4v) is 4.01. The molecule has 3 rings (SSSR count). The van der Waals surface area contributed by atoms with E-state index in [9.17, 15) is 4.79 Å². The Bertz CT molecular complexity index is 724. The monoisotopic (exact) mass is 370 g/mol. The van der Waals surface area contributed by atoms with Gasteiger partial charge in [0.25, 0.3) is 0 Å². The predicted molar refractivity (Wildman–Crippen MR) is 106 cm³/mol. The molecule has 0 N–H and O–H groups in total. The van der Waals surface area contributed by atoms with E-state index in [4.69, 9.17) is 9.15 Å². The summed E-state index contributed by atoms with van der Waals surface area (Å²) < 4.78 is 12.3. The van der Waals surface area contributed by atoms with Crippen LogP contribution < -0.4 is 0 Å². The first-order valence-corrected chi connectivity index (χ1v) is 10.0. The number of furan rings is 1. The Morgan fingerprint density at radius 2 is 1.70 bits per heavy atom. The van der Waals surface area contributed by atoms with Crippen molar-refractivity contribution in [3.8, 4) is 0 Å². The first kappa shape index (κ1) is 19.7. The molecule has 1 aliphatic rings. The van der Waals surface area contributed by atoms with Gasteiger partial charge in [0.2, 0.25) is 0 Å². The maximum absolute atomic E-state index is 13.0. The van der Waals surface area contributed by atoms with E-state index in [-0.39, 0.29) is 18.5 Å². The number of esters is 1. The number of quaternary nitrogens is 1. The van der Waals surface area contributed by atoms with Gasteiger partial charge in [-0.1, -0.05) is 49.6 Å². The third kappa shape index (κ3) is 5.70. The second-order valence-electron chi connectivity index (χ2n) is 8.71. The fourth-order valence-electron chi connectivity index (χ4n) is 4.01. The lowest BCUT2D eigenvalue weighted by molar-refractivity contribution is -0.884. The molecule has 146 valence electrons. The molecule has 1 aromatic carbocycles. The molecule has 1 saturated carbocycles. The molecule has 0 aliphatic heterocycles. The molecule has 2 aromatic rings. The van der Waals surface area contributed by atoms with Crippen molar-refractivity contribution in [3.63, 3.8) is 0 Å². The van der Waals surface area contributed by atoms with Crippen molar-refractivity contribution in [3.05, 3.63) is 59.5 Å². The van der Waals surface area contributed by atoms with Crippen LogP contribution in [0.4, 0.5) is 0 Å². The van der Waals surface area contributed by atoms with Gasteiger partial charge in [0.15, 0.2) is 5.76 Å². The second-order valence-corrected chi connectivity index (χ2v) is 8.71. The lowest BCUT2D eigenvalue weighted by Crippen LogP contribution is -2.33. The topological polar surface area (TPSA) is 39.4 Å². The minimum absolute atomic E-state index is 0.127. The number of ether oxygens (including phenoxy) is 1. The van der Waals surface area contributed by atoms with E-state index in [2.05, 4.69) is 21.1 Å². The van der Waals surface area contributed by atoms with E-state index in [1.54, 1.807) is 0 Å². The third-order valence-corrected chi connectivity index (χ3v) is 5.24. The number of carbonyl (C=O) groups is 1. The van der Waals surface area contributed by atoms with Crippen molar-refractivity contribution >= 4 is 5.97 Å². The summed E-state index contributed by atoms with van der Waals surface area (Å²) >= 11 is 0. The Morgan fingerprint density at radius 1 is 1.04 bits per heavy atom. The van der Waals surface area contributed by atoms with Crippen molar-refractivity contribution in [2.45, 2.75) is 51.2 Å². The number of hydrogen-bond acceptors (Lipinski definition) is 3. The molecule has 4 heteroatoms. The van der Waals surface area contributed by atoms with E-state index >= 15 is 0 Å². The molecular weight excluding hydrogens is 338 g/mol. The first-order chi connectivity index (χ1) is 12.9. The molecule has 0 saturated heterocycles. The van der Waals surface area contributed by atoms with Gasteiger partial charge in [-0.25, -0.2) is 0 Å². The third-order valence-electron chi connectivity index (χ3n) is 5.24. The molecule has 27 heavy (non-hydrogen) atoms. The zero-order valence-electron chi connectivity index (χ0n) is 16.8. The van der Waals surface area contributed by atoms with Crippen molar-refractivity contribution in [2.24, 2.45) is 5.92 Å². The maximum Gasteiger partial charge on any atom is 0.314 e. The average Bonchev–Trinajstić information content (AvgIpc) is 3.07. The summed E-state index contributed by atoms with van der Waals surface area (Å²) in [4.78, 5) is 13.0. The van der Waals surface area contributed by atoms with Crippen LogP contribution in [0.25, 0.3) is 0 Å². The van der Waals surface area contributed by atoms with Gasteiger partial charge in [-0.3, -0.25) is 4.79 Å². The maximum atomic E-state index is 13.0. The molecule has 0 radical (unpaired) electrons. The Hall–Kier alpha value is -2.07. The van der Waals surface area contributed by atoms with Crippen LogP contribution in [0.2, 0.25) is 0 Å². The number of hydrogen-bond donors (Lipinski definition) is 0.